The van der Waals surface area contributed by atoms with Crippen molar-refractivity contribution >= 4 is 5.91 Å². The number of carbonyl (C=O) groups is 1. The molecule has 1 rings (SSSR count). The van der Waals surface area contributed by atoms with Gasteiger partial charge in [0, 0.05) is 6.54 Å². The van der Waals surface area contributed by atoms with Crippen molar-refractivity contribution in [2.45, 2.75) is 33.3 Å². The quantitative estimate of drug-likeness (QED) is 0.791. The number of nitrogens with one attached hydrogen (secondary N) is 1. The zero-order chi connectivity index (χ0) is 11.4. The predicted molar refractivity (Wildman–Crippen MR) is 56.8 cm³/mol. The van der Waals surface area contributed by atoms with Crippen molar-refractivity contribution in [2.24, 2.45) is 0 Å². The molecular weight excluding hydrogens is 194 g/mol. The summed E-state index contributed by atoms with van der Waals surface area (Å²) >= 11 is 0. The lowest BCUT2D eigenvalue weighted by molar-refractivity contribution is 0.0912. The summed E-state index contributed by atoms with van der Waals surface area (Å²) in [5.41, 5.74) is 0.538. The Morgan fingerprint density at radius 1 is 1.60 bits per heavy atom. The normalized spacial score (nSPS) is 12.5. The number of hydrogen-bond acceptors (Lipinski definition) is 3. The fourth-order valence-electron chi connectivity index (χ4n) is 1.31. The van der Waals surface area contributed by atoms with Gasteiger partial charge in [0.05, 0.1) is 11.7 Å². The van der Waals surface area contributed by atoms with E-state index in [-0.39, 0.29) is 12.5 Å². The Kier molecular flexibility index (Phi) is 3.91. The van der Waals surface area contributed by atoms with Gasteiger partial charge in [-0.15, -0.1) is 0 Å². The summed E-state index contributed by atoms with van der Waals surface area (Å²) in [4.78, 5) is 11.6. The van der Waals surface area contributed by atoms with E-state index in [1.165, 1.54) is 0 Å². The van der Waals surface area contributed by atoms with Crippen LogP contribution in [0.25, 0.3) is 0 Å². The first-order chi connectivity index (χ1) is 7.04. The van der Waals surface area contributed by atoms with Gasteiger partial charge in [-0.1, -0.05) is 6.92 Å². The van der Waals surface area contributed by atoms with Gasteiger partial charge in [-0.2, -0.15) is 0 Å². The zero-order valence-electron chi connectivity index (χ0n) is 9.33. The van der Waals surface area contributed by atoms with Crippen molar-refractivity contribution in [3.05, 3.63) is 23.2 Å². The SMILES string of the molecule is CCC(O)CNC(=O)c1cc(C)oc1C. The smallest absolute Gasteiger partial charge is 0.254 e. The summed E-state index contributed by atoms with van der Waals surface area (Å²) in [6, 6.07) is 1.70. The summed E-state index contributed by atoms with van der Waals surface area (Å²) in [5.74, 6) is 1.13. The molecule has 1 aromatic rings. The Labute approximate surface area is 89.3 Å². The van der Waals surface area contributed by atoms with Gasteiger partial charge in [-0.3, -0.25) is 4.79 Å². The van der Waals surface area contributed by atoms with Crippen molar-refractivity contribution in [3.63, 3.8) is 0 Å². The average molecular weight is 211 g/mol. The highest BCUT2D eigenvalue weighted by Gasteiger charge is 2.13. The van der Waals surface area contributed by atoms with E-state index in [0.717, 1.165) is 0 Å². The predicted octanol–water partition coefficient (Wildman–Crippen LogP) is 1.40. The second kappa shape index (κ2) is 4.98. The molecule has 0 saturated heterocycles. The first kappa shape index (κ1) is 11.8. The van der Waals surface area contributed by atoms with Gasteiger partial charge in [0.2, 0.25) is 0 Å². The molecule has 0 spiro atoms. The van der Waals surface area contributed by atoms with E-state index in [1.807, 2.05) is 6.92 Å². The topological polar surface area (TPSA) is 62.5 Å². The summed E-state index contributed by atoms with van der Waals surface area (Å²) in [7, 11) is 0. The van der Waals surface area contributed by atoms with E-state index in [2.05, 4.69) is 5.32 Å². The van der Waals surface area contributed by atoms with Crippen LogP contribution in [0.15, 0.2) is 10.5 Å². The molecule has 1 unspecified atom stereocenters. The molecule has 0 aliphatic carbocycles. The third-order valence-electron chi connectivity index (χ3n) is 2.26. The van der Waals surface area contributed by atoms with Gasteiger partial charge >= 0.3 is 0 Å². The van der Waals surface area contributed by atoms with Crippen LogP contribution < -0.4 is 5.32 Å². The molecule has 1 aromatic heterocycles. The lowest BCUT2D eigenvalue weighted by Crippen LogP contribution is -2.31. The maximum atomic E-state index is 11.6. The van der Waals surface area contributed by atoms with Crippen LogP contribution >= 0.6 is 0 Å². The molecule has 1 amide bonds. The molecule has 2 N–H and O–H groups in total. The molecule has 0 aliphatic rings. The van der Waals surface area contributed by atoms with Crippen LogP contribution in [-0.4, -0.2) is 23.7 Å². The third kappa shape index (κ3) is 3.09. The van der Waals surface area contributed by atoms with Crippen molar-refractivity contribution < 1.29 is 14.3 Å². The number of aliphatic hydroxyl groups excluding tert-OH is 1. The molecule has 4 heteroatoms. The van der Waals surface area contributed by atoms with Gasteiger partial charge in [-0.25, -0.2) is 0 Å². The second-order valence-electron chi connectivity index (χ2n) is 3.60. The Balaban J connectivity index is 2.58. The average Bonchev–Trinajstić information content (AvgIpc) is 2.53. The van der Waals surface area contributed by atoms with Crippen LogP contribution in [0.1, 0.15) is 35.2 Å². The number of rotatable bonds is 4. The number of furan rings is 1. The molecule has 0 fully saturated rings. The monoisotopic (exact) mass is 211 g/mol. The first-order valence-electron chi connectivity index (χ1n) is 5.08. The van der Waals surface area contributed by atoms with E-state index in [4.69, 9.17) is 4.42 Å². The number of aryl methyl sites for hydroxylation is 2. The van der Waals surface area contributed by atoms with E-state index in [0.29, 0.717) is 23.5 Å². The minimum atomic E-state index is -0.484. The molecular formula is C11H17NO3. The lowest BCUT2D eigenvalue weighted by Gasteiger charge is -2.08. The first-order valence-corrected chi connectivity index (χ1v) is 5.08. The van der Waals surface area contributed by atoms with Crippen molar-refractivity contribution in [1.29, 1.82) is 0 Å². The molecule has 0 aromatic carbocycles. The maximum Gasteiger partial charge on any atom is 0.254 e. The number of hydrogen-bond donors (Lipinski definition) is 2. The zero-order valence-corrected chi connectivity index (χ0v) is 9.33. The van der Waals surface area contributed by atoms with E-state index >= 15 is 0 Å². The largest absolute Gasteiger partial charge is 0.466 e. The molecule has 1 atom stereocenters. The van der Waals surface area contributed by atoms with Crippen LogP contribution in [0.4, 0.5) is 0 Å². The van der Waals surface area contributed by atoms with E-state index in [9.17, 15) is 9.90 Å². The fourth-order valence-corrected chi connectivity index (χ4v) is 1.31. The lowest BCUT2D eigenvalue weighted by atomic mass is 10.2. The highest BCUT2D eigenvalue weighted by atomic mass is 16.3. The van der Waals surface area contributed by atoms with Crippen LogP contribution in [0.3, 0.4) is 0 Å². The molecule has 0 radical (unpaired) electrons. The Bertz CT molecular complexity index is 344. The Hall–Kier alpha value is -1.29. The molecule has 15 heavy (non-hydrogen) atoms. The van der Waals surface area contributed by atoms with Gasteiger partial charge in [0.1, 0.15) is 11.5 Å². The van der Waals surface area contributed by atoms with Gasteiger partial charge in [0.15, 0.2) is 0 Å². The van der Waals surface area contributed by atoms with Crippen LogP contribution in [0, 0.1) is 13.8 Å². The van der Waals surface area contributed by atoms with Crippen molar-refractivity contribution in [2.75, 3.05) is 6.54 Å². The summed E-state index contributed by atoms with van der Waals surface area (Å²) in [5, 5.41) is 11.9. The molecule has 1 heterocycles. The molecule has 0 aliphatic heterocycles. The van der Waals surface area contributed by atoms with Crippen LogP contribution in [0.2, 0.25) is 0 Å². The maximum absolute atomic E-state index is 11.6. The Morgan fingerprint density at radius 2 is 2.27 bits per heavy atom. The fraction of sp³-hybridized carbons (Fsp3) is 0.545. The van der Waals surface area contributed by atoms with Crippen molar-refractivity contribution in [1.82, 2.24) is 5.32 Å². The highest BCUT2D eigenvalue weighted by molar-refractivity contribution is 5.95. The Morgan fingerprint density at radius 3 is 2.73 bits per heavy atom. The molecule has 0 saturated carbocycles. The van der Waals surface area contributed by atoms with Gasteiger partial charge < -0.3 is 14.8 Å². The van der Waals surface area contributed by atoms with Gasteiger partial charge in [-0.05, 0) is 26.3 Å². The van der Waals surface area contributed by atoms with Crippen LogP contribution in [-0.2, 0) is 0 Å². The summed E-state index contributed by atoms with van der Waals surface area (Å²) in [6.07, 6.45) is 0.145. The van der Waals surface area contributed by atoms with E-state index < -0.39 is 6.10 Å². The number of aliphatic hydroxyl groups is 1. The van der Waals surface area contributed by atoms with E-state index in [1.54, 1.807) is 19.9 Å². The minimum absolute atomic E-state index is 0.197. The van der Waals surface area contributed by atoms with Gasteiger partial charge in [0.25, 0.3) is 5.91 Å². The molecule has 4 nitrogen and oxygen atoms in total. The minimum Gasteiger partial charge on any atom is -0.466 e. The van der Waals surface area contributed by atoms with Crippen LogP contribution in [0.5, 0.6) is 0 Å². The third-order valence-corrected chi connectivity index (χ3v) is 2.26. The summed E-state index contributed by atoms with van der Waals surface area (Å²) in [6.45, 7) is 5.69. The second-order valence-corrected chi connectivity index (χ2v) is 3.60. The molecule has 0 bridgehead atoms. The highest BCUT2D eigenvalue weighted by Crippen LogP contribution is 2.13. The molecule has 84 valence electrons. The standard InChI is InChI=1S/C11H17NO3/c1-4-9(13)6-12-11(14)10-5-7(2)15-8(10)3/h5,9,13H,4,6H2,1-3H3,(H,12,14). The number of amides is 1. The van der Waals surface area contributed by atoms with Crippen molar-refractivity contribution in [3.8, 4) is 0 Å². The number of carbonyl (C=O) groups excluding carboxylic acids is 1. The summed E-state index contributed by atoms with van der Waals surface area (Å²) < 4.78 is 5.25.